The van der Waals surface area contributed by atoms with Crippen LogP contribution >= 0.6 is 0 Å². The molecule has 1 aromatic rings. The molecule has 0 fully saturated rings. The van der Waals surface area contributed by atoms with E-state index < -0.39 is 24.0 Å². The number of esters is 1. The molecule has 0 spiro atoms. The lowest BCUT2D eigenvalue weighted by Gasteiger charge is -2.13. The van der Waals surface area contributed by atoms with Crippen LogP contribution in [0.2, 0.25) is 0 Å². The van der Waals surface area contributed by atoms with E-state index in [9.17, 15) is 14.4 Å². The van der Waals surface area contributed by atoms with E-state index in [1.165, 1.54) is 0 Å². The number of ether oxygens (including phenoxy) is 1. The Balaban J connectivity index is 2.56. The molecule has 1 rings (SSSR count). The first-order valence-corrected chi connectivity index (χ1v) is 5.67. The highest BCUT2D eigenvalue weighted by atomic mass is 16.6. The predicted octanol–water partition coefficient (Wildman–Crippen LogP) is 1.09. The van der Waals surface area contributed by atoms with Crippen molar-refractivity contribution in [2.45, 2.75) is 25.4 Å². The maximum Gasteiger partial charge on any atom is 0.345 e. The van der Waals surface area contributed by atoms with Crippen molar-refractivity contribution in [2.24, 2.45) is 0 Å². The van der Waals surface area contributed by atoms with E-state index in [0.717, 1.165) is 5.56 Å². The molecular weight excluding hydrogens is 252 g/mol. The summed E-state index contributed by atoms with van der Waals surface area (Å²) < 4.78 is 4.76. The monoisotopic (exact) mass is 266 g/mol. The van der Waals surface area contributed by atoms with Crippen LogP contribution in [0.4, 0.5) is 0 Å². The quantitative estimate of drug-likeness (QED) is 0.716. The van der Waals surface area contributed by atoms with Gasteiger partial charge in [0.25, 0.3) is 0 Å². The summed E-state index contributed by atoms with van der Waals surface area (Å²) in [5.41, 5.74) is 0.723. The number of carboxylic acids is 2. The Morgan fingerprint density at radius 1 is 1.05 bits per heavy atom. The number of aliphatic carboxylic acids is 2. The molecular formula is C13H14O6. The van der Waals surface area contributed by atoms with Crippen LogP contribution in [-0.4, -0.2) is 34.2 Å². The second-order valence-electron chi connectivity index (χ2n) is 3.90. The first-order valence-electron chi connectivity index (χ1n) is 5.67. The second-order valence-corrected chi connectivity index (χ2v) is 3.90. The summed E-state index contributed by atoms with van der Waals surface area (Å²) in [6, 6.07) is 8.74. The van der Waals surface area contributed by atoms with Gasteiger partial charge in [0.15, 0.2) is 0 Å². The van der Waals surface area contributed by atoms with Gasteiger partial charge in [-0.2, -0.15) is 0 Å². The fourth-order valence-corrected chi connectivity index (χ4v) is 1.43. The molecule has 0 amide bonds. The number of carbonyl (C=O) groups excluding carboxylic acids is 1. The van der Waals surface area contributed by atoms with E-state index in [0.29, 0.717) is 0 Å². The summed E-state index contributed by atoms with van der Waals surface area (Å²) in [6.45, 7) is 0. The smallest absolute Gasteiger partial charge is 0.345 e. The third-order valence-electron chi connectivity index (χ3n) is 2.36. The Kier molecular flexibility index (Phi) is 5.53. The van der Waals surface area contributed by atoms with Crippen LogP contribution in [-0.2, 0) is 25.5 Å². The highest BCUT2D eigenvalue weighted by Crippen LogP contribution is 2.08. The molecule has 0 saturated heterocycles. The number of carbonyl (C=O) groups is 3. The molecule has 0 unspecified atom stereocenters. The first kappa shape index (κ1) is 14.7. The van der Waals surface area contributed by atoms with Gasteiger partial charge < -0.3 is 14.9 Å². The fourth-order valence-electron chi connectivity index (χ4n) is 1.43. The van der Waals surface area contributed by atoms with Gasteiger partial charge in [0, 0.05) is 6.42 Å². The van der Waals surface area contributed by atoms with Gasteiger partial charge in [-0.3, -0.25) is 9.59 Å². The maximum absolute atomic E-state index is 11.3. The van der Waals surface area contributed by atoms with Crippen LogP contribution in [0.25, 0.3) is 0 Å². The first-order chi connectivity index (χ1) is 8.99. The molecule has 102 valence electrons. The molecule has 0 aliphatic heterocycles. The Morgan fingerprint density at radius 2 is 1.68 bits per heavy atom. The molecule has 6 nitrogen and oxygen atoms in total. The minimum absolute atomic E-state index is 0.0506. The predicted molar refractivity (Wildman–Crippen MR) is 64.5 cm³/mol. The highest BCUT2D eigenvalue weighted by Gasteiger charge is 2.22. The van der Waals surface area contributed by atoms with Crippen molar-refractivity contribution >= 4 is 17.9 Å². The van der Waals surface area contributed by atoms with Gasteiger partial charge in [-0.05, 0) is 5.56 Å². The van der Waals surface area contributed by atoms with Crippen LogP contribution in [0.15, 0.2) is 30.3 Å². The van der Waals surface area contributed by atoms with Crippen molar-refractivity contribution in [1.29, 1.82) is 0 Å². The normalized spacial score (nSPS) is 11.6. The summed E-state index contributed by atoms with van der Waals surface area (Å²) >= 11 is 0. The zero-order chi connectivity index (χ0) is 14.3. The van der Waals surface area contributed by atoms with Crippen molar-refractivity contribution in [2.75, 3.05) is 0 Å². The van der Waals surface area contributed by atoms with E-state index in [1.54, 1.807) is 30.3 Å². The largest absolute Gasteiger partial charge is 0.481 e. The molecule has 1 atom stereocenters. The third kappa shape index (κ3) is 5.67. The summed E-state index contributed by atoms with van der Waals surface area (Å²) in [6.07, 6.45) is -1.97. The van der Waals surface area contributed by atoms with Gasteiger partial charge in [0.05, 0.1) is 12.8 Å². The molecule has 0 heterocycles. The Labute approximate surface area is 109 Å². The van der Waals surface area contributed by atoms with Gasteiger partial charge >= 0.3 is 17.9 Å². The molecule has 1 aromatic carbocycles. The summed E-state index contributed by atoms with van der Waals surface area (Å²) in [4.78, 5) is 32.6. The van der Waals surface area contributed by atoms with Crippen molar-refractivity contribution in [1.82, 2.24) is 0 Å². The Bertz CT molecular complexity index is 453. The number of benzene rings is 1. The highest BCUT2D eigenvalue weighted by molar-refractivity contribution is 5.80. The van der Waals surface area contributed by atoms with Crippen LogP contribution in [0.3, 0.4) is 0 Å². The Hall–Kier alpha value is -2.37. The van der Waals surface area contributed by atoms with Gasteiger partial charge in [0.1, 0.15) is 0 Å². The summed E-state index contributed by atoms with van der Waals surface area (Å²) in [5.74, 6) is -3.22. The van der Waals surface area contributed by atoms with E-state index in [4.69, 9.17) is 14.9 Å². The van der Waals surface area contributed by atoms with Gasteiger partial charge in [-0.15, -0.1) is 0 Å². The van der Waals surface area contributed by atoms with Crippen LogP contribution in [0, 0.1) is 0 Å². The van der Waals surface area contributed by atoms with Crippen LogP contribution < -0.4 is 0 Å². The fraction of sp³-hybridized carbons (Fsp3) is 0.308. The van der Waals surface area contributed by atoms with Crippen LogP contribution in [0.5, 0.6) is 0 Å². The van der Waals surface area contributed by atoms with Crippen molar-refractivity contribution in [3.05, 3.63) is 35.9 Å². The standard InChI is InChI=1S/C13H14O6/c14-11(15)6-7-12(16)19-10(13(17)18)8-9-4-2-1-3-5-9/h1-5,10H,6-8H2,(H,14,15)(H,17,18)/t10-/m1/s1. The van der Waals surface area contributed by atoms with Crippen molar-refractivity contribution < 1.29 is 29.3 Å². The molecule has 6 heteroatoms. The topological polar surface area (TPSA) is 101 Å². The molecule has 19 heavy (non-hydrogen) atoms. The molecule has 0 saturated carbocycles. The summed E-state index contributed by atoms with van der Waals surface area (Å²) in [5, 5.41) is 17.4. The minimum Gasteiger partial charge on any atom is -0.481 e. The molecule has 2 N–H and O–H groups in total. The lowest BCUT2D eigenvalue weighted by molar-refractivity contribution is -0.164. The second kappa shape index (κ2) is 7.15. The average molecular weight is 266 g/mol. The number of hydrogen-bond acceptors (Lipinski definition) is 4. The van der Waals surface area contributed by atoms with Gasteiger partial charge in [-0.25, -0.2) is 4.79 Å². The van der Waals surface area contributed by atoms with E-state index in [1.807, 2.05) is 0 Å². The molecule has 0 bridgehead atoms. The van der Waals surface area contributed by atoms with E-state index in [-0.39, 0.29) is 19.3 Å². The van der Waals surface area contributed by atoms with Crippen molar-refractivity contribution in [3.8, 4) is 0 Å². The molecule has 0 aliphatic carbocycles. The van der Waals surface area contributed by atoms with Crippen molar-refractivity contribution in [3.63, 3.8) is 0 Å². The Morgan fingerprint density at radius 3 is 2.21 bits per heavy atom. The van der Waals surface area contributed by atoms with E-state index in [2.05, 4.69) is 0 Å². The minimum atomic E-state index is -1.30. The molecule has 0 radical (unpaired) electrons. The molecule has 0 aliphatic rings. The number of rotatable bonds is 7. The van der Waals surface area contributed by atoms with E-state index >= 15 is 0 Å². The maximum atomic E-state index is 11.3. The summed E-state index contributed by atoms with van der Waals surface area (Å²) in [7, 11) is 0. The third-order valence-corrected chi connectivity index (χ3v) is 2.36. The average Bonchev–Trinajstić information content (AvgIpc) is 2.36. The number of carboxylic acid groups (broad SMARTS) is 2. The zero-order valence-electron chi connectivity index (χ0n) is 10.1. The molecule has 0 aromatic heterocycles. The number of hydrogen-bond donors (Lipinski definition) is 2. The van der Waals surface area contributed by atoms with Gasteiger partial charge in [-0.1, -0.05) is 30.3 Å². The zero-order valence-corrected chi connectivity index (χ0v) is 10.1. The lowest BCUT2D eigenvalue weighted by Crippen LogP contribution is -2.29. The SMILES string of the molecule is O=C(O)CCC(=O)O[C@H](Cc1ccccc1)C(=O)O. The van der Waals surface area contributed by atoms with Gasteiger partial charge in [0.2, 0.25) is 6.10 Å². The van der Waals surface area contributed by atoms with Crippen LogP contribution in [0.1, 0.15) is 18.4 Å². The lowest BCUT2D eigenvalue weighted by atomic mass is 10.1.